The number of aliphatic hydroxyl groups is 1. The Kier molecular flexibility index (Phi) is 3.55. The van der Waals surface area contributed by atoms with Gasteiger partial charge in [0.1, 0.15) is 0 Å². The number of aliphatic hydroxyl groups excluding tert-OH is 1. The molecule has 0 aliphatic heterocycles. The zero-order valence-electron chi connectivity index (χ0n) is 7.05. The van der Waals surface area contributed by atoms with E-state index >= 15 is 0 Å². The van der Waals surface area contributed by atoms with Gasteiger partial charge in [0.15, 0.2) is 0 Å². The van der Waals surface area contributed by atoms with Crippen molar-refractivity contribution in [1.29, 1.82) is 0 Å². The summed E-state index contributed by atoms with van der Waals surface area (Å²) in [6, 6.07) is 5.00. The summed E-state index contributed by atoms with van der Waals surface area (Å²) in [5.74, 6) is 0. The Morgan fingerprint density at radius 1 is 1.29 bits per heavy atom. The molecule has 78 valence electrons. The number of benzene rings is 1. The molecule has 0 aromatic heterocycles. The highest BCUT2D eigenvalue weighted by molar-refractivity contribution is 9.09. The Hall–Kier alpha value is -0.550. The minimum absolute atomic E-state index is 0.0834. The monoisotopic (exact) mass is 268 g/mol. The lowest BCUT2D eigenvalue weighted by atomic mass is 10.0. The molecule has 14 heavy (non-hydrogen) atoms. The van der Waals surface area contributed by atoms with Crippen LogP contribution >= 0.6 is 15.9 Å². The maximum absolute atomic E-state index is 12.4. The molecular weight excluding hydrogens is 261 g/mol. The third kappa shape index (κ3) is 2.48. The second-order valence-corrected chi connectivity index (χ2v) is 3.40. The standard InChI is InChI=1S/C9H8BrF3O/c10-5-8(14)6-3-1-2-4-7(6)9(11,12)13/h1-4,8,14H,5H2/t8-/m1/s1. The van der Waals surface area contributed by atoms with Gasteiger partial charge in [-0.1, -0.05) is 34.1 Å². The van der Waals surface area contributed by atoms with Crippen LogP contribution in [-0.4, -0.2) is 10.4 Å². The van der Waals surface area contributed by atoms with Crippen LogP contribution < -0.4 is 0 Å². The molecule has 0 fully saturated rings. The topological polar surface area (TPSA) is 20.2 Å². The lowest BCUT2D eigenvalue weighted by Gasteiger charge is -2.15. The molecule has 0 radical (unpaired) electrons. The maximum atomic E-state index is 12.4. The van der Waals surface area contributed by atoms with E-state index in [1.54, 1.807) is 0 Å². The summed E-state index contributed by atoms with van der Waals surface area (Å²) < 4.78 is 37.3. The lowest BCUT2D eigenvalue weighted by molar-refractivity contribution is -0.139. The Morgan fingerprint density at radius 2 is 1.86 bits per heavy atom. The van der Waals surface area contributed by atoms with Crippen molar-refractivity contribution >= 4 is 15.9 Å². The summed E-state index contributed by atoms with van der Waals surface area (Å²) in [5.41, 5.74) is -0.885. The van der Waals surface area contributed by atoms with Crippen LogP contribution in [0.1, 0.15) is 17.2 Å². The van der Waals surface area contributed by atoms with Crippen LogP contribution in [0.2, 0.25) is 0 Å². The van der Waals surface area contributed by atoms with Crippen LogP contribution in [0.25, 0.3) is 0 Å². The van der Waals surface area contributed by atoms with E-state index in [2.05, 4.69) is 15.9 Å². The van der Waals surface area contributed by atoms with Crippen molar-refractivity contribution in [3.63, 3.8) is 0 Å². The third-order valence-corrected chi connectivity index (χ3v) is 2.38. The van der Waals surface area contributed by atoms with Crippen molar-refractivity contribution in [2.24, 2.45) is 0 Å². The third-order valence-electron chi connectivity index (χ3n) is 1.77. The molecule has 0 aliphatic carbocycles. The van der Waals surface area contributed by atoms with Gasteiger partial charge in [0.05, 0.1) is 11.7 Å². The number of alkyl halides is 4. The highest BCUT2D eigenvalue weighted by atomic mass is 79.9. The van der Waals surface area contributed by atoms with Gasteiger partial charge in [-0.25, -0.2) is 0 Å². The molecule has 0 spiro atoms. The molecule has 1 rings (SSSR count). The molecule has 0 unspecified atom stereocenters. The Labute approximate surface area is 87.7 Å². The Morgan fingerprint density at radius 3 is 2.36 bits per heavy atom. The molecule has 0 amide bonds. The lowest BCUT2D eigenvalue weighted by Crippen LogP contribution is -2.12. The van der Waals surface area contributed by atoms with E-state index < -0.39 is 17.8 Å². The fourth-order valence-corrected chi connectivity index (χ4v) is 1.48. The minimum atomic E-state index is -4.42. The first-order chi connectivity index (χ1) is 6.46. The minimum Gasteiger partial charge on any atom is -0.388 e. The van der Waals surface area contributed by atoms with Crippen LogP contribution in [0.15, 0.2) is 24.3 Å². The van der Waals surface area contributed by atoms with Crippen molar-refractivity contribution in [2.45, 2.75) is 12.3 Å². The molecule has 0 aliphatic rings. The first kappa shape index (κ1) is 11.5. The van der Waals surface area contributed by atoms with Crippen molar-refractivity contribution in [2.75, 3.05) is 5.33 Å². The predicted molar refractivity (Wildman–Crippen MR) is 50.2 cm³/mol. The van der Waals surface area contributed by atoms with Gasteiger partial charge < -0.3 is 5.11 Å². The highest BCUT2D eigenvalue weighted by Crippen LogP contribution is 2.34. The number of hydrogen-bond donors (Lipinski definition) is 1. The zero-order chi connectivity index (χ0) is 10.8. The van der Waals surface area contributed by atoms with E-state index in [9.17, 15) is 18.3 Å². The van der Waals surface area contributed by atoms with Gasteiger partial charge in [-0.15, -0.1) is 0 Å². The molecular formula is C9H8BrF3O. The normalized spacial score (nSPS) is 14.1. The van der Waals surface area contributed by atoms with Crippen molar-refractivity contribution in [3.8, 4) is 0 Å². The van der Waals surface area contributed by atoms with Gasteiger partial charge >= 0.3 is 6.18 Å². The van der Waals surface area contributed by atoms with Gasteiger partial charge in [-0.3, -0.25) is 0 Å². The largest absolute Gasteiger partial charge is 0.416 e. The van der Waals surface area contributed by atoms with Crippen molar-refractivity contribution in [3.05, 3.63) is 35.4 Å². The SMILES string of the molecule is O[C@H](CBr)c1ccccc1C(F)(F)F. The average molecular weight is 269 g/mol. The molecule has 1 aromatic rings. The summed E-state index contributed by atoms with van der Waals surface area (Å²) in [5, 5.41) is 9.41. The molecule has 0 bridgehead atoms. The summed E-state index contributed by atoms with van der Waals surface area (Å²) in [7, 11) is 0. The molecule has 5 heteroatoms. The molecule has 0 saturated heterocycles. The van der Waals surface area contributed by atoms with Crippen molar-refractivity contribution < 1.29 is 18.3 Å². The molecule has 0 saturated carbocycles. The van der Waals surface area contributed by atoms with E-state index in [0.717, 1.165) is 6.07 Å². The van der Waals surface area contributed by atoms with Gasteiger partial charge in [0.25, 0.3) is 0 Å². The summed E-state index contributed by atoms with van der Waals surface area (Å²) in [6.45, 7) is 0. The van der Waals surface area contributed by atoms with Crippen LogP contribution in [0.5, 0.6) is 0 Å². The second-order valence-electron chi connectivity index (χ2n) is 2.76. The summed E-state index contributed by atoms with van der Waals surface area (Å²) >= 11 is 2.94. The summed E-state index contributed by atoms with van der Waals surface area (Å²) in [4.78, 5) is 0. The van der Waals surface area contributed by atoms with Crippen LogP contribution in [0.4, 0.5) is 13.2 Å². The Bertz CT molecular complexity index is 311. The molecule has 0 heterocycles. The van der Waals surface area contributed by atoms with E-state index in [1.165, 1.54) is 18.2 Å². The first-order valence-corrected chi connectivity index (χ1v) is 4.99. The molecule has 1 atom stereocenters. The number of rotatable bonds is 2. The molecule has 1 N–H and O–H groups in total. The maximum Gasteiger partial charge on any atom is 0.416 e. The first-order valence-electron chi connectivity index (χ1n) is 3.87. The highest BCUT2D eigenvalue weighted by Gasteiger charge is 2.34. The smallest absolute Gasteiger partial charge is 0.388 e. The van der Waals surface area contributed by atoms with Crippen LogP contribution in [0, 0.1) is 0 Å². The Balaban J connectivity index is 3.16. The number of hydrogen-bond acceptors (Lipinski definition) is 1. The number of halogens is 4. The van der Waals surface area contributed by atoms with Crippen LogP contribution in [-0.2, 0) is 6.18 Å². The molecule has 1 nitrogen and oxygen atoms in total. The fraction of sp³-hybridized carbons (Fsp3) is 0.333. The van der Waals surface area contributed by atoms with E-state index in [1.807, 2.05) is 0 Å². The van der Waals surface area contributed by atoms with E-state index in [4.69, 9.17) is 0 Å². The van der Waals surface area contributed by atoms with Gasteiger partial charge in [0.2, 0.25) is 0 Å². The quantitative estimate of drug-likeness (QED) is 0.818. The molecule has 1 aromatic carbocycles. The second kappa shape index (κ2) is 4.31. The van der Waals surface area contributed by atoms with E-state index in [-0.39, 0.29) is 10.9 Å². The average Bonchev–Trinajstić information content (AvgIpc) is 2.15. The van der Waals surface area contributed by atoms with Gasteiger partial charge in [0, 0.05) is 5.33 Å². The predicted octanol–water partition coefficient (Wildman–Crippen LogP) is 3.13. The summed E-state index contributed by atoms with van der Waals surface area (Å²) in [6.07, 6.45) is -5.55. The van der Waals surface area contributed by atoms with Crippen LogP contribution in [0.3, 0.4) is 0 Å². The van der Waals surface area contributed by atoms with Gasteiger partial charge in [-0.05, 0) is 11.6 Å². The fourth-order valence-electron chi connectivity index (χ4n) is 1.13. The zero-order valence-corrected chi connectivity index (χ0v) is 8.64. The van der Waals surface area contributed by atoms with E-state index in [0.29, 0.717) is 0 Å². The van der Waals surface area contributed by atoms with Gasteiger partial charge in [-0.2, -0.15) is 13.2 Å². The van der Waals surface area contributed by atoms with Crippen molar-refractivity contribution in [1.82, 2.24) is 0 Å².